The predicted molar refractivity (Wildman–Crippen MR) is 214 cm³/mol. The number of ether oxygens (including phenoxy) is 3. The third kappa shape index (κ3) is 10.3. The van der Waals surface area contributed by atoms with Crippen molar-refractivity contribution in [2.75, 3.05) is 25.6 Å². The Morgan fingerprint density at radius 1 is 0.912 bits per heavy atom. The fourth-order valence-electron chi connectivity index (χ4n) is 6.35. The van der Waals surface area contributed by atoms with Crippen molar-refractivity contribution in [1.82, 2.24) is 29.2 Å². The number of pyridine rings is 3. The standard InChI is InChI=1S/C41H45N8O7P/c1-27(2)49(28(3)4)57(54-23-13-19-42)56-37-35(26-53-30-24-33(31-16-9-11-20-43-31)45-34(25-30)32-17-10-12-21-44-32)55-40(38(37)52-5)48-22-18-36(47-41(48)51)46-39(50)29-14-7-6-8-15-29/h6-12,14-18,20-22,24-25,27-28,35,37-38,40H,13,23,26H2,1-5H3,(H,46,47,50,51)/t35-,37-,38-,40-,57?/m1/s1. The van der Waals surface area contributed by atoms with Gasteiger partial charge in [-0.05, 0) is 70.2 Å². The number of nitrogens with zero attached hydrogens (tertiary/aromatic N) is 7. The van der Waals surface area contributed by atoms with Gasteiger partial charge in [-0.2, -0.15) is 10.2 Å². The first-order valence-corrected chi connectivity index (χ1v) is 19.7. The highest BCUT2D eigenvalue weighted by Crippen LogP contribution is 2.50. The summed E-state index contributed by atoms with van der Waals surface area (Å²) in [6.07, 6.45) is 1.56. The highest BCUT2D eigenvalue weighted by atomic mass is 31.2. The summed E-state index contributed by atoms with van der Waals surface area (Å²) in [7, 11) is -0.254. The van der Waals surface area contributed by atoms with E-state index in [1.807, 2.05) is 64.1 Å². The van der Waals surface area contributed by atoms with Gasteiger partial charge in [0.25, 0.3) is 14.4 Å². The largest absolute Gasteiger partial charge is 0.491 e. The Morgan fingerprint density at radius 2 is 1.56 bits per heavy atom. The molecule has 1 fully saturated rings. The summed E-state index contributed by atoms with van der Waals surface area (Å²) in [5.74, 6) is 0.145. The molecular formula is C41H45N8O7P. The number of amides is 1. The first-order valence-electron chi connectivity index (χ1n) is 18.5. The molecule has 16 heteroatoms. The summed E-state index contributed by atoms with van der Waals surface area (Å²) in [6.45, 7) is 8.28. The molecule has 0 aliphatic carbocycles. The lowest BCUT2D eigenvalue weighted by molar-refractivity contribution is -0.0602. The first kappa shape index (κ1) is 41.2. The van der Waals surface area contributed by atoms with E-state index in [9.17, 15) is 14.9 Å². The summed E-state index contributed by atoms with van der Waals surface area (Å²) in [5, 5.41) is 12.0. The zero-order valence-corrected chi connectivity index (χ0v) is 33.2. The Morgan fingerprint density at radius 3 is 2.12 bits per heavy atom. The van der Waals surface area contributed by atoms with Gasteiger partial charge in [0.1, 0.15) is 36.5 Å². The maximum atomic E-state index is 13.6. The number of nitrogens with one attached hydrogen (secondary N) is 1. The molecule has 0 bridgehead atoms. The molecule has 0 radical (unpaired) electrons. The molecule has 0 spiro atoms. The van der Waals surface area contributed by atoms with Gasteiger partial charge in [0.2, 0.25) is 0 Å². The van der Waals surface area contributed by atoms with Crippen LogP contribution in [0.2, 0.25) is 0 Å². The third-order valence-electron chi connectivity index (χ3n) is 8.88. The van der Waals surface area contributed by atoms with E-state index in [0.29, 0.717) is 34.1 Å². The number of hydrogen-bond acceptors (Lipinski definition) is 13. The topological polar surface area (TPSA) is 176 Å². The lowest BCUT2D eigenvalue weighted by Crippen LogP contribution is -2.41. The van der Waals surface area contributed by atoms with Crippen LogP contribution in [0.1, 0.15) is 50.7 Å². The van der Waals surface area contributed by atoms with Crippen molar-refractivity contribution in [1.29, 1.82) is 5.26 Å². The number of carbonyl (C=O) groups excluding carboxylic acids is 1. The van der Waals surface area contributed by atoms with E-state index in [2.05, 4.69) is 31.0 Å². The second-order valence-electron chi connectivity index (χ2n) is 13.5. The van der Waals surface area contributed by atoms with Crippen molar-refractivity contribution in [3.63, 3.8) is 0 Å². The predicted octanol–water partition coefficient (Wildman–Crippen LogP) is 6.67. The van der Waals surface area contributed by atoms with Crippen LogP contribution in [-0.4, -0.2) is 85.8 Å². The molecular weight excluding hydrogens is 747 g/mol. The number of aromatic nitrogens is 5. The highest BCUT2D eigenvalue weighted by molar-refractivity contribution is 7.44. The number of nitriles is 1. The van der Waals surface area contributed by atoms with Gasteiger partial charge in [-0.15, -0.1) is 0 Å². The smallest absolute Gasteiger partial charge is 0.351 e. The van der Waals surface area contributed by atoms with Crippen molar-refractivity contribution >= 4 is 20.3 Å². The zero-order valence-electron chi connectivity index (χ0n) is 32.3. The van der Waals surface area contributed by atoms with Crippen LogP contribution in [-0.2, 0) is 18.5 Å². The molecule has 15 nitrogen and oxygen atoms in total. The van der Waals surface area contributed by atoms with Crippen molar-refractivity contribution in [3.05, 3.63) is 120 Å². The summed E-state index contributed by atoms with van der Waals surface area (Å²) in [6, 6.07) is 27.0. The van der Waals surface area contributed by atoms with Crippen LogP contribution in [0.15, 0.2) is 108 Å². The molecule has 1 aliphatic rings. The average molecular weight is 793 g/mol. The Hall–Kier alpha value is -5.46. The number of methoxy groups -OCH3 is 1. The quantitative estimate of drug-likeness (QED) is 0.0782. The minimum atomic E-state index is -1.76. The van der Waals surface area contributed by atoms with E-state index in [1.165, 1.54) is 23.9 Å². The number of rotatable bonds is 17. The first-order chi connectivity index (χ1) is 27.7. The number of anilines is 1. The normalized spacial score (nSPS) is 18.4. The zero-order chi connectivity index (χ0) is 40.3. The Bertz CT molecular complexity index is 2110. The Kier molecular flexibility index (Phi) is 14.2. The number of hydrogen-bond donors (Lipinski definition) is 1. The Labute approximate surface area is 332 Å². The monoisotopic (exact) mass is 792 g/mol. The van der Waals surface area contributed by atoms with Gasteiger partial charge in [-0.1, -0.05) is 30.3 Å². The van der Waals surface area contributed by atoms with Gasteiger partial charge >= 0.3 is 5.69 Å². The maximum absolute atomic E-state index is 13.6. The van der Waals surface area contributed by atoms with Gasteiger partial charge in [0, 0.05) is 55.5 Å². The van der Waals surface area contributed by atoms with E-state index in [1.54, 1.807) is 54.9 Å². The van der Waals surface area contributed by atoms with Crippen LogP contribution in [0.3, 0.4) is 0 Å². The van der Waals surface area contributed by atoms with Crippen molar-refractivity contribution in [2.45, 2.75) is 70.7 Å². The molecule has 5 atom stereocenters. The molecule has 0 saturated carbocycles. The van der Waals surface area contributed by atoms with Crippen molar-refractivity contribution < 1.29 is 28.1 Å². The second kappa shape index (κ2) is 19.6. The summed E-state index contributed by atoms with van der Waals surface area (Å²) < 4.78 is 35.7. The summed E-state index contributed by atoms with van der Waals surface area (Å²) in [4.78, 5) is 44.4. The maximum Gasteiger partial charge on any atom is 0.351 e. The van der Waals surface area contributed by atoms with Crippen molar-refractivity contribution in [2.24, 2.45) is 0 Å². The molecule has 4 aromatic heterocycles. The van der Waals surface area contributed by atoms with Crippen LogP contribution >= 0.6 is 8.53 Å². The summed E-state index contributed by atoms with van der Waals surface area (Å²) >= 11 is 0. The minimum absolute atomic E-state index is 0.0179. The van der Waals surface area contributed by atoms with Gasteiger partial charge in [0.05, 0.1) is 41.9 Å². The van der Waals surface area contributed by atoms with Crippen LogP contribution < -0.4 is 15.7 Å². The average Bonchev–Trinajstić information content (AvgIpc) is 3.57. The van der Waals surface area contributed by atoms with Gasteiger partial charge in [-0.3, -0.25) is 19.3 Å². The van der Waals surface area contributed by atoms with Crippen LogP contribution in [0.4, 0.5) is 5.82 Å². The van der Waals surface area contributed by atoms with Crippen LogP contribution in [0.5, 0.6) is 5.75 Å². The molecule has 1 N–H and O–H groups in total. The molecule has 5 heterocycles. The van der Waals surface area contributed by atoms with E-state index in [-0.39, 0.29) is 37.5 Å². The molecule has 5 aromatic rings. The number of carbonyl (C=O) groups is 1. The SMILES string of the molecule is CO[C@@H]1[C@H](OP(OCCC#N)N(C(C)C)C(C)C)[C@@H](COc2cc(-c3ccccn3)nc(-c3ccccn3)c2)O[C@H]1n1ccc(NC(=O)c2ccccc2)nc1=O. The number of benzene rings is 1. The van der Waals surface area contributed by atoms with E-state index in [0.717, 1.165) is 0 Å². The molecule has 1 unspecified atom stereocenters. The molecule has 57 heavy (non-hydrogen) atoms. The molecule has 296 valence electrons. The fraction of sp³-hybridized carbons (Fsp3) is 0.341. The molecule has 6 rings (SSSR count). The van der Waals surface area contributed by atoms with E-state index >= 15 is 0 Å². The van der Waals surface area contributed by atoms with E-state index in [4.69, 9.17) is 28.2 Å². The molecule has 1 aliphatic heterocycles. The molecule has 1 saturated heterocycles. The lowest BCUT2D eigenvalue weighted by atomic mass is 10.1. The highest BCUT2D eigenvalue weighted by Gasteiger charge is 2.50. The Balaban J connectivity index is 1.33. The molecule has 1 amide bonds. The van der Waals surface area contributed by atoms with Gasteiger partial charge < -0.3 is 28.6 Å². The second-order valence-corrected chi connectivity index (χ2v) is 14.9. The van der Waals surface area contributed by atoms with Crippen molar-refractivity contribution in [3.8, 4) is 34.6 Å². The van der Waals surface area contributed by atoms with Crippen LogP contribution in [0, 0.1) is 11.3 Å². The van der Waals surface area contributed by atoms with Gasteiger partial charge in [-0.25, -0.2) is 14.4 Å². The minimum Gasteiger partial charge on any atom is -0.491 e. The van der Waals surface area contributed by atoms with Crippen LogP contribution in [0.25, 0.3) is 22.8 Å². The van der Waals surface area contributed by atoms with Gasteiger partial charge in [0.15, 0.2) is 6.23 Å². The summed E-state index contributed by atoms with van der Waals surface area (Å²) in [5.41, 5.74) is 2.20. The third-order valence-corrected chi connectivity index (χ3v) is 11.0. The van der Waals surface area contributed by atoms with E-state index < -0.39 is 44.7 Å². The molecule has 1 aromatic carbocycles. The fourth-order valence-corrected chi connectivity index (χ4v) is 8.12. The lowest BCUT2D eigenvalue weighted by Gasteiger charge is -2.38.